The third-order valence-electron chi connectivity index (χ3n) is 4.42. The lowest BCUT2D eigenvalue weighted by Gasteiger charge is -2.39. The molecular formula is C15H10F3N3O3. The van der Waals surface area contributed by atoms with Crippen molar-refractivity contribution < 1.29 is 27.9 Å². The van der Waals surface area contributed by atoms with Crippen molar-refractivity contribution in [3.8, 4) is 5.69 Å². The molecule has 2 aliphatic heterocycles. The second-order valence-electron chi connectivity index (χ2n) is 5.65. The molecule has 4 rings (SSSR count). The Hall–Kier alpha value is -2.84. The van der Waals surface area contributed by atoms with Crippen molar-refractivity contribution in [1.29, 1.82) is 0 Å². The Bertz CT molecular complexity index is 888. The highest BCUT2D eigenvalue weighted by molar-refractivity contribution is 6.01. The number of halogens is 3. The highest BCUT2D eigenvalue weighted by Gasteiger charge is 2.46. The van der Waals surface area contributed by atoms with E-state index in [9.17, 15) is 27.9 Å². The van der Waals surface area contributed by atoms with E-state index >= 15 is 0 Å². The first-order valence-electron chi connectivity index (χ1n) is 7.12. The molecule has 1 saturated heterocycles. The van der Waals surface area contributed by atoms with Crippen molar-refractivity contribution in [3.63, 3.8) is 0 Å². The first-order valence-corrected chi connectivity index (χ1v) is 7.12. The summed E-state index contributed by atoms with van der Waals surface area (Å²) in [5.41, 5.74) is -1.51. The van der Waals surface area contributed by atoms with E-state index in [2.05, 4.69) is 4.98 Å². The first-order chi connectivity index (χ1) is 11.3. The van der Waals surface area contributed by atoms with Crippen LogP contribution in [0.2, 0.25) is 0 Å². The van der Waals surface area contributed by atoms with Crippen LogP contribution in [-0.2, 0) is 6.18 Å². The number of alkyl halides is 3. The van der Waals surface area contributed by atoms with Crippen LogP contribution in [0.15, 0.2) is 24.5 Å². The number of nitrogens with zero attached hydrogens (tertiary/aromatic N) is 3. The van der Waals surface area contributed by atoms with Gasteiger partial charge in [0.15, 0.2) is 5.69 Å². The molecule has 1 aromatic carbocycles. The Morgan fingerprint density at radius 1 is 1.33 bits per heavy atom. The zero-order chi connectivity index (χ0) is 17.2. The lowest BCUT2D eigenvalue weighted by atomic mass is 9.96. The maximum Gasteiger partial charge on any atom is 0.417 e. The van der Waals surface area contributed by atoms with Gasteiger partial charge in [0.25, 0.3) is 5.91 Å². The number of carboxylic acids is 1. The van der Waals surface area contributed by atoms with Crippen molar-refractivity contribution >= 4 is 11.9 Å². The number of benzene rings is 1. The average molecular weight is 337 g/mol. The van der Waals surface area contributed by atoms with Gasteiger partial charge in [-0.05, 0) is 18.6 Å². The predicted molar refractivity (Wildman–Crippen MR) is 73.9 cm³/mol. The predicted octanol–water partition coefficient (Wildman–Crippen LogP) is 2.49. The molecule has 2 aliphatic rings. The summed E-state index contributed by atoms with van der Waals surface area (Å²) in [6, 6.07) is 2.83. The molecule has 124 valence electrons. The van der Waals surface area contributed by atoms with Crippen LogP contribution in [-0.4, -0.2) is 38.0 Å². The van der Waals surface area contributed by atoms with Crippen LogP contribution in [0, 0.1) is 0 Å². The number of carbonyl (C=O) groups is 2. The highest BCUT2D eigenvalue weighted by Crippen LogP contribution is 2.44. The second-order valence-corrected chi connectivity index (χ2v) is 5.65. The summed E-state index contributed by atoms with van der Waals surface area (Å²) in [5, 5.41) is 9.29. The number of carbonyl (C=O) groups excluding carboxylic acids is 1. The van der Waals surface area contributed by atoms with E-state index in [-0.39, 0.29) is 23.6 Å². The fourth-order valence-corrected chi connectivity index (χ4v) is 3.29. The van der Waals surface area contributed by atoms with Gasteiger partial charge in [-0.3, -0.25) is 9.36 Å². The van der Waals surface area contributed by atoms with Crippen molar-refractivity contribution in [2.24, 2.45) is 0 Å². The number of aromatic carboxylic acids is 1. The summed E-state index contributed by atoms with van der Waals surface area (Å²) < 4.78 is 41.3. The number of amides is 1. The maximum absolute atomic E-state index is 13.3. The van der Waals surface area contributed by atoms with Gasteiger partial charge in [-0.2, -0.15) is 13.2 Å². The fourth-order valence-electron chi connectivity index (χ4n) is 3.29. The fraction of sp³-hybridized carbons (Fsp3) is 0.267. The Balaban J connectivity index is 2.06. The lowest BCUT2D eigenvalue weighted by molar-refractivity contribution is -0.138. The van der Waals surface area contributed by atoms with Gasteiger partial charge in [0.1, 0.15) is 6.33 Å². The van der Waals surface area contributed by atoms with E-state index in [0.717, 1.165) is 12.4 Å². The number of carboxylic acid groups (broad SMARTS) is 1. The normalized spacial score (nSPS) is 19.0. The molecule has 0 saturated carbocycles. The van der Waals surface area contributed by atoms with Crippen LogP contribution < -0.4 is 0 Å². The molecule has 2 aromatic rings. The molecule has 0 radical (unpaired) electrons. The molecule has 3 heterocycles. The van der Waals surface area contributed by atoms with Gasteiger partial charge in [-0.1, -0.05) is 6.07 Å². The monoisotopic (exact) mass is 337 g/mol. The van der Waals surface area contributed by atoms with Crippen LogP contribution >= 0.6 is 0 Å². The van der Waals surface area contributed by atoms with E-state index in [1.54, 1.807) is 0 Å². The summed E-state index contributed by atoms with van der Waals surface area (Å²) in [4.78, 5) is 29.1. The van der Waals surface area contributed by atoms with Crippen LogP contribution in [0.1, 0.15) is 44.6 Å². The number of hydrogen-bond acceptors (Lipinski definition) is 3. The van der Waals surface area contributed by atoms with E-state index in [1.165, 1.54) is 21.6 Å². The molecule has 6 nitrogen and oxygen atoms in total. The van der Waals surface area contributed by atoms with Crippen molar-refractivity contribution in [1.82, 2.24) is 14.5 Å². The Labute approximate surface area is 133 Å². The van der Waals surface area contributed by atoms with Crippen LogP contribution in [0.25, 0.3) is 5.69 Å². The first kappa shape index (κ1) is 14.7. The minimum absolute atomic E-state index is 0.000718. The average Bonchev–Trinajstić information content (AvgIpc) is 2.86. The SMILES string of the molecule is O=C(O)c1ncn2c1C1CCN1C(=O)c1c-2cccc1C(F)(F)F. The van der Waals surface area contributed by atoms with Crippen LogP contribution in [0.3, 0.4) is 0 Å². The van der Waals surface area contributed by atoms with Crippen molar-refractivity contribution in [3.05, 3.63) is 47.0 Å². The van der Waals surface area contributed by atoms with E-state index in [4.69, 9.17) is 0 Å². The molecule has 1 amide bonds. The number of hydrogen-bond donors (Lipinski definition) is 1. The number of aromatic nitrogens is 2. The Kier molecular flexibility index (Phi) is 2.82. The van der Waals surface area contributed by atoms with Crippen LogP contribution in [0.5, 0.6) is 0 Å². The van der Waals surface area contributed by atoms with Gasteiger partial charge in [0.2, 0.25) is 0 Å². The quantitative estimate of drug-likeness (QED) is 0.867. The Morgan fingerprint density at radius 3 is 2.67 bits per heavy atom. The van der Waals surface area contributed by atoms with Gasteiger partial charge in [-0.15, -0.1) is 0 Å². The molecular weight excluding hydrogens is 327 g/mol. The summed E-state index contributed by atoms with van der Waals surface area (Å²) >= 11 is 0. The summed E-state index contributed by atoms with van der Waals surface area (Å²) in [7, 11) is 0. The largest absolute Gasteiger partial charge is 0.476 e. The lowest BCUT2D eigenvalue weighted by Crippen LogP contribution is -2.45. The molecule has 1 atom stereocenters. The second kappa shape index (κ2) is 4.59. The smallest absolute Gasteiger partial charge is 0.417 e. The highest BCUT2D eigenvalue weighted by atomic mass is 19.4. The van der Waals surface area contributed by atoms with Gasteiger partial charge in [-0.25, -0.2) is 9.78 Å². The number of rotatable bonds is 1. The molecule has 1 unspecified atom stereocenters. The Morgan fingerprint density at radius 2 is 2.08 bits per heavy atom. The standard InChI is InChI=1S/C15H10F3N3O3/c16-15(17,18)7-2-1-3-8-10(7)13(22)20-5-4-9(20)12-11(14(23)24)19-6-21(8)12/h1-3,6,9H,4-5H2,(H,23,24). The van der Waals surface area contributed by atoms with E-state index < -0.39 is 35.2 Å². The van der Waals surface area contributed by atoms with Gasteiger partial charge in [0.05, 0.1) is 28.6 Å². The molecule has 1 fully saturated rings. The van der Waals surface area contributed by atoms with Crippen LogP contribution in [0.4, 0.5) is 13.2 Å². The maximum atomic E-state index is 13.3. The molecule has 1 aromatic heterocycles. The molecule has 9 heteroatoms. The molecule has 24 heavy (non-hydrogen) atoms. The summed E-state index contributed by atoms with van der Waals surface area (Å²) in [5.74, 6) is -2.02. The minimum atomic E-state index is -4.69. The van der Waals surface area contributed by atoms with Gasteiger partial charge >= 0.3 is 12.1 Å². The minimum Gasteiger partial charge on any atom is -0.476 e. The molecule has 0 bridgehead atoms. The van der Waals surface area contributed by atoms with Gasteiger partial charge < -0.3 is 10.0 Å². The third kappa shape index (κ3) is 1.81. The van der Waals surface area contributed by atoms with E-state index in [0.29, 0.717) is 6.42 Å². The topological polar surface area (TPSA) is 75.4 Å². The van der Waals surface area contributed by atoms with Crippen molar-refractivity contribution in [2.75, 3.05) is 6.54 Å². The zero-order valence-corrected chi connectivity index (χ0v) is 12.0. The molecule has 0 spiro atoms. The van der Waals surface area contributed by atoms with Crippen molar-refractivity contribution in [2.45, 2.75) is 18.6 Å². The molecule has 0 aliphatic carbocycles. The van der Waals surface area contributed by atoms with E-state index in [1.807, 2.05) is 0 Å². The number of imidazole rings is 1. The summed E-state index contributed by atoms with van der Waals surface area (Å²) in [6.07, 6.45) is -3.05. The number of fused-ring (bicyclic) bond motifs is 5. The third-order valence-corrected chi connectivity index (χ3v) is 4.42. The summed E-state index contributed by atoms with van der Waals surface area (Å²) in [6.45, 7) is 0.277. The zero-order valence-electron chi connectivity index (χ0n) is 12.0. The van der Waals surface area contributed by atoms with Gasteiger partial charge in [0, 0.05) is 6.54 Å². The molecule has 1 N–H and O–H groups in total.